The summed E-state index contributed by atoms with van der Waals surface area (Å²) >= 11 is 11.9. The molecule has 1 aromatic heterocycles. The van der Waals surface area contributed by atoms with Gasteiger partial charge in [-0.3, -0.25) is 14.5 Å². The third-order valence-electron chi connectivity index (χ3n) is 5.36. The first-order chi connectivity index (χ1) is 15.2. The predicted molar refractivity (Wildman–Crippen MR) is 118 cm³/mol. The fourth-order valence-corrected chi connectivity index (χ4v) is 3.92. The van der Waals surface area contributed by atoms with E-state index in [1.807, 2.05) is 13.0 Å². The molecule has 164 valence electrons. The number of amides is 2. The molecule has 0 aliphatic carbocycles. The lowest BCUT2D eigenvalue weighted by atomic mass is 10.1. The molecule has 0 radical (unpaired) electrons. The van der Waals surface area contributed by atoms with Gasteiger partial charge < -0.3 is 9.15 Å². The van der Waals surface area contributed by atoms with Crippen molar-refractivity contribution in [2.24, 2.45) is 0 Å². The number of fused-ring (bicyclic) bond motifs is 2. The van der Waals surface area contributed by atoms with Gasteiger partial charge in [0.1, 0.15) is 18.2 Å². The molecule has 0 fully saturated rings. The molecule has 9 heteroatoms. The number of benzene rings is 2. The van der Waals surface area contributed by atoms with E-state index in [1.165, 1.54) is 25.1 Å². The summed E-state index contributed by atoms with van der Waals surface area (Å²) in [6.45, 7) is 3.14. The van der Waals surface area contributed by atoms with Crippen LogP contribution >= 0.6 is 23.2 Å². The molecular formula is C23H17Cl2NO6. The second kappa shape index (κ2) is 8.41. The highest BCUT2D eigenvalue weighted by atomic mass is 35.5. The molecule has 7 nitrogen and oxygen atoms in total. The van der Waals surface area contributed by atoms with Crippen molar-refractivity contribution in [3.63, 3.8) is 0 Å². The normalized spacial score (nSPS) is 14.1. The number of hydrogen-bond donors (Lipinski definition) is 0. The molecule has 1 unspecified atom stereocenters. The Balaban J connectivity index is 1.55. The van der Waals surface area contributed by atoms with E-state index in [1.54, 1.807) is 12.1 Å². The van der Waals surface area contributed by atoms with E-state index >= 15 is 0 Å². The number of carbonyl (C=O) groups excluding carboxylic acids is 3. The molecule has 0 bridgehead atoms. The number of aryl methyl sites for hydroxylation is 1. The molecule has 0 saturated carbocycles. The first kappa shape index (κ1) is 22.0. The summed E-state index contributed by atoms with van der Waals surface area (Å²) in [5, 5.41) is 0.890. The Morgan fingerprint density at radius 1 is 1.03 bits per heavy atom. The van der Waals surface area contributed by atoms with Crippen molar-refractivity contribution in [1.29, 1.82) is 0 Å². The van der Waals surface area contributed by atoms with E-state index in [4.69, 9.17) is 32.4 Å². The monoisotopic (exact) mass is 473 g/mol. The lowest BCUT2D eigenvalue weighted by molar-refractivity contribution is -0.149. The quantitative estimate of drug-likeness (QED) is 0.309. The van der Waals surface area contributed by atoms with Gasteiger partial charge >= 0.3 is 11.6 Å². The lowest BCUT2D eigenvalue weighted by Crippen LogP contribution is -2.43. The maximum atomic E-state index is 12.7. The zero-order valence-corrected chi connectivity index (χ0v) is 18.6. The molecule has 3 aromatic rings. The van der Waals surface area contributed by atoms with Crippen LogP contribution < -0.4 is 5.63 Å². The van der Waals surface area contributed by atoms with Crippen LogP contribution in [0.5, 0.6) is 0 Å². The molecule has 2 amide bonds. The third kappa shape index (κ3) is 3.78. The van der Waals surface area contributed by atoms with Gasteiger partial charge in [-0.2, -0.15) is 0 Å². The Labute approximate surface area is 192 Å². The molecule has 1 aliphatic rings. The van der Waals surface area contributed by atoms with E-state index in [-0.39, 0.29) is 27.8 Å². The number of hydrogen-bond acceptors (Lipinski definition) is 6. The third-order valence-corrected chi connectivity index (χ3v) is 6.08. The van der Waals surface area contributed by atoms with Gasteiger partial charge in [0.2, 0.25) is 0 Å². The van der Waals surface area contributed by atoms with Crippen LogP contribution in [0.4, 0.5) is 0 Å². The predicted octanol–water partition coefficient (Wildman–Crippen LogP) is 4.39. The van der Waals surface area contributed by atoms with Gasteiger partial charge in [-0.15, -0.1) is 0 Å². The maximum Gasteiger partial charge on any atom is 0.336 e. The minimum absolute atomic E-state index is 0.0717. The number of imide groups is 1. The zero-order valence-electron chi connectivity index (χ0n) is 17.1. The second-order valence-electron chi connectivity index (χ2n) is 7.35. The standard InChI is InChI=1S/C23H17Cl2NO6/c1-3-12-4-5-14-13(7-20(27)32-19(14)6-12)10-31-23(30)11(2)26-21(28)15-8-17(24)18(25)9-16(15)22(26)29/h4-9,11H,3,10H2,1-2H3. The van der Waals surface area contributed by atoms with Crippen LogP contribution in [0.3, 0.4) is 0 Å². The van der Waals surface area contributed by atoms with Gasteiger partial charge in [-0.25, -0.2) is 9.59 Å². The van der Waals surface area contributed by atoms with Crippen molar-refractivity contribution in [3.8, 4) is 0 Å². The number of halogens is 2. The summed E-state index contributed by atoms with van der Waals surface area (Å²) in [5.74, 6) is -2.12. The van der Waals surface area contributed by atoms with Crippen molar-refractivity contribution in [3.05, 3.63) is 79.1 Å². The van der Waals surface area contributed by atoms with Gasteiger partial charge in [0.25, 0.3) is 11.8 Å². The summed E-state index contributed by atoms with van der Waals surface area (Å²) < 4.78 is 10.6. The highest BCUT2D eigenvalue weighted by Crippen LogP contribution is 2.32. The number of nitrogens with zero attached hydrogens (tertiary/aromatic N) is 1. The first-order valence-corrected chi connectivity index (χ1v) is 10.6. The molecule has 2 aromatic carbocycles. The van der Waals surface area contributed by atoms with Gasteiger partial charge in [-0.1, -0.05) is 42.3 Å². The van der Waals surface area contributed by atoms with Crippen molar-refractivity contribution in [1.82, 2.24) is 4.90 Å². The van der Waals surface area contributed by atoms with Gasteiger partial charge in [-0.05, 0) is 37.1 Å². The number of rotatable bonds is 5. The molecule has 1 atom stereocenters. The summed E-state index contributed by atoms with van der Waals surface area (Å²) in [6, 6.07) is 8.11. The average Bonchev–Trinajstić information content (AvgIpc) is 3.00. The molecule has 2 heterocycles. The van der Waals surface area contributed by atoms with Crippen LogP contribution in [0.25, 0.3) is 11.0 Å². The Morgan fingerprint density at radius 3 is 2.25 bits per heavy atom. The van der Waals surface area contributed by atoms with Crippen molar-refractivity contribution >= 4 is 52.0 Å². The minimum atomic E-state index is -1.20. The number of esters is 1. The summed E-state index contributed by atoms with van der Waals surface area (Å²) in [7, 11) is 0. The van der Waals surface area contributed by atoms with E-state index < -0.39 is 29.5 Å². The summed E-state index contributed by atoms with van der Waals surface area (Å²) in [4.78, 5) is 50.8. The topological polar surface area (TPSA) is 93.9 Å². The Morgan fingerprint density at radius 2 is 1.66 bits per heavy atom. The van der Waals surface area contributed by atoms with E-state index in [0.29, 0.717) is 16.5 Å². The summed E-state index contributed by atoms with van der Waals surface area (Å²) in [5.41, 5.74) is 1.42. The lowest BCUT2D eigenvalue weighted by Gasteiger charge is -2.21. The zero-order chi connectivity index (χ0) is 23.2. The molecule has 0 N–H and O–H groups in total. The van der Waals surface area contributed by atoms with Crippen LogP contribution in [0, 0.1) is 0 Å². The van der Waals surface area contributed by atoms with Gasteiger partial charge in [0.05, 0.1) is 21.2 Å². The fourth-order valence-electron chi connectivity index (χ4n) is 3.59. The van der Waals surface area contributed by atoms with Crippen LogP contribution in [-0.4, -0.2) is 28.7 Å². The van der Waals surface area contributed by atoms with Gasteiger partial charge in [0.15, 0.2) is 0 Å². The van der Waals surface area contributed by atoms with Crippen molar-refractivity contribution < 1.29 is 23.5 Å². The van der Waals surface area contributed by atoms with Crippen LogP contribution in [0.1, 0.15) is 45.7 Å². The van der Waals surface area contributed by atoms with Crippen LogP contribution in [0.2, 0.25) is 10.0 Å². The average molecular weight is 474 g/mol. The first-order valence-electron chi connectivity index (χ1n) is 9.80. The highest BCUT2D eigenvalue weighted by Gasteiger charge is 2.42. The minimum Gasteiger partial charge on any atom is -0.459 e. The second-order valence-corrected chi connectivity index (χ2v) is 8.17. The fraction of sp³-hybridized carbons (Fsp3) is 0.217. The number of ether oxygens (including phenoxy) is 1. The Kier molecular flexibility index (Phi) is 5.79. The molecule has 0 saturated heterocycles. The molecule has 0 spiro atoms. The van der Waals surface area contributed by atoms with Gasteiger partial charge in [0, 0.05) is 17.0 Å². The summed E-state index contributed by atoms with van der Waals surface area (Å²) in [6.07, 6.45) is 0.771. The van der Waals surface area contributed by atoms with Crippen LogP contribution in [0.15, 0.2) is 45.6 Å². The maximum absolute atomic E-state index is 12.7. The van der Waals surface area contributed by atoms with Crippen molar-refractivity contribution in [2.45, 2.75) is 32.9 Å². The molecular weight excluding hydrogens is 457 g/mol. The number of carbonyl (C=O) groups is 3. The molecule has 32 heavy (non-hydrogen) atoms. The SMILES string of the molecule is CCc1ccc2c(COC(=O)C(C)N3C(=O)c4cc(Cl)c(Cl)cc4C3=O)cc(=O)oc2c1. The highest BCUT2D eigenvalue weighted by molar-refractivity contribution is 6.43. The van der Waals surface area contributed by atoms with Crippen LogP contribution in [-0.2, 0) is 22.6 Å². The largest absolute Gasteiger partial charge is 0.459 e. The van der Waals surface area contributed by atoms with E-state index in [0.717, 1.165) is 16.9 Å². The Bertz CT molecular complexity index is 1310. The molecule has 1 aliphatic heterocycles. The van der Waals surface area contributed by atoms with Crippen molar-refractivity contribution in [2.75, 3.05) is 0 Å². The van der Waals surface area contributed by atoms with E-state index in [2.05, 4.69) is 0 Å². The van der Waals surface area contributed by atoms with E-state index in [9.17, 15) is 19.2 Å². The molecule has 4 rings (SSSR count). The smallest absolute Gasteiger partial charge is 0.336 e. The Hall–Kier alpha value is -3.16.